The third-order valence-electron chi connectivity index (χ3n) is 8.55. The van der Waals surface area contributed by atoms with Crippen LogP contribution in [0, 0.1) is 27.7 Å². The molecule has 0 saturated carbocycles. The summed E-state index contributed by atoms with van der Waals surface area (Å²) in [7, 11) is 0. The molecule has 1 aliphatic heterocycles. The highest BCUT2D eigenvalue weighted by Gasteiger charge is 2.36. The Bertz CT molecular complexity index is 1530. The third kappa shape index (κ3) is 4.62. The fourth-order valence-electron chi connectivity index (χ4n) is 5.44. The lowest BCUT2D eigenvalue weighted by Gasteiger charge is -2.40. The van der Waals surface area contributed by atoms with Crippen molar-refractivity contribution in [2.45, 2.75) is 66.5 Å². The Morgan fingerprint density at radius 1 is 0.974 bits per heavy atom. The molecule has 0 amide bonds. The zero-order chi connectivity index (χ0) is 27.2. The topological polar surface area (TPSA) is 82.9 Å². The zero-order valence-electron chi connectivity index (χ0n) is 23.7. The molecule has 8 nitrogen and oxygen atoms in total. The summed E-state index contributed by atoms with van der Waals surface area (Å²) in [5.74, 6) is 0.714. The molecule has 0 spiro atoms. The number of benzene rings is 2. The van der Waals surface area contributed by atoms with E-state index in [2.05, 4.69) is 109 Å². The molecule has 0 aliphatic carbocycles. The normalized spacial score (nSPS) is 15.8. The van der Waals surface area contributed by atoms with E-state index in [4.69, 9.17) is 0 Å². The number of fused-ring (bicyclic) bond motifs is 1. The van der Waals surface area contributed by atoms with Gasteiger partial charge in [0, 0.05) is 42.9 Å². The Hall–Kier alpha value is -3.52. The predicted octanol–water partition coefficient (Wildman–Crippen LogP) is 4.80. The average molecular weight is 514 g/mol. The maximum Gasteiger partial charge on any atom is 0.253 e. The quantitative estimate of drug-likeness (QED) is 0.399. The van der Waals surface area contributed by atoms with Crippen molar-refractivity contribution in [3.8, 4) is 0 Å². The molecule has 1 N–H and O–H groups in total. The van der Waals surface area contributed by atoms with Crippen molar-refractivity contribution in [2.75, 3.05) is 31.1 Å². The van der Waals surface area contributed by atoms with E-state index in [1.165, 1.54) is 22.4 Å². The zero-order valence-corrected chi connectivity index (χ0v) is 23.7. The van der Waals surface area contributed by atoms with Crippen LogP contribution in [0.25, 0.3) is 10.9 Å². The lowest BCUT2D eigenvalue weighted by atomic mass is 9.98. The van der Waals surface area contributed by atoms with Crippen LogP contribution in [0.2, 0.25) is 0 Å². The molecule has 5 rings (SSSR count). The van der Waals surface area contributed by atoms with Crippen LogP contribution >= 0.6 is 0 Å². The summed E-state index contributed by atoms with van der Waals surface area (Å²) in [6.45, 7) is 18.3. The molecule has 1 atom stereocenters. The highest BCUT2D eigenvalue weighted by molar-refractivity contribution is 5.81. The van der Waals surface area contributed by atoms with Crippen molar-refractivity contribution in [3.63, 3.8) is 0 Å². The van der Waals surface area contributed by atoms with Crippen molar-refractivity contribution in [3.05, 3.63) is 80.4 Å². The molecule has 0 bridgehead atoms. The molecule has 3 heterocycles. The highest BCUT2D eigenvalue weighted by Crippen LogP contribution is 2.33. The SMILES string of the molecule is CCC(C)(C)n1nnnc1[C@H](c1cc2cc(C)c(C)cc2[nH]c1=O)N1CCN(c2cccc(C)c2C)CC1. The Kier molecular flexibility index (Phi) is 6.86. The van der Waals surface area contributed by atoms with Crippen LogP contribution in [0.4, 0.5) is 5.69 Å². The number of aromatic amines is 1. The summed E-state index contributed by atoms with van der Waals surface area (Å²) in [4.78, 5) is 21.6. The van der Waals surface area contributed by atoms with Crippen LogP contribution < -0.4 is 10.5 Å². The van der Waals surface area contributed by atoms with Crippen LogP contribution in [0.15, 0.2) is 41.2 Å². The number of hydrogen-bond donors (Lipinski definition) is 1. The van der Waals surface area contributed by atoms with Crippen molar-refractivity contribution in [1.29, 1.82) is 0 Å². The Morgan fingerprint density at radius 3 is 2.39 bits per heavy atom. The van der Waals surface area contributed by atoms with Gasteiger partial charge in [-0.05, 0) is 110 Å². The lowest BCUT2D eigenvalue weighted by Crippen LogP contribution is -2.49. The van der Waals surface area contributed by atoms with Gasteiger partial charge in [0.1, 0.15) is 6.04 Å². The maximum atomic E-state index is 13.6. The van der Waals surface area contributed by atoms with E-state index < -0.39 is 0 Å². The van der Waals surface area contributed by atoms with Gasteiger partial charge in [0.05, 0.1) is 5.54 Å². The van der Waals surface area contributed by atoms with Crippen molar-refractivity contribution in [1.82, 2.24) is 30.1 Å². The van der Waals surface area contributed by atoms with E-state index in [1.54, 1.807) is 0 Å². The Morgan fingerprint density at radius 2 is 1.68 bits per heavy atom. The van der Waals surface area contributed by atoms with Crippen LogP contribution in [0.1, 0.15) is 66.9 Å². The van der Waals surface area contributed by atoms with Gasteiger partial charge in [-0.3, -0.25) is 9.69 Å². The molecule has 1 fully saturated rings. The minimum atomic E-state index is -0.355. The van der Waals surface area contributed by atoms with Gasteiger partial charge in [0.2, 0.25) is 0 Å². The molecule has 2 aromatic heterocycles. The van der Waals surface area contributed by atoms with Gasteiger partial charge in [-0.25, -0.2) is 4.68 Å². The summed E-state index contributed by atoms with van der Waals surface area (Å²) in [6.07, 6.45) is 0.866. The van der Waals surface area contributed by atoms with E-state index in [0.29, 0.717) is 11.4 Å². The molecular weight excluding hydrogens is 474 g/mol. The van der Waals surface area contributed by atoms with Gasteiger partial charge in [-0.1, -0.05) is 19.1 Å². The van der Waals surface area contributed by atoms with Gasteiger partial charge in [0.25, 0.3) is 5.56 Å². The Balaban J connectivity index is 1.58. The minimum Gasteiger partial charge on any atom is -0.369 e. The predicted molar refractivity (Wildman–Crippen MR) is 153 cm³/mol. The fraction of sp³-hybridized carbons (Fsp3) is 0.467. The van der Waals surface area contributed by atoms with Gasteiger partial charge in [-0.2, -0.15) is 0 Å². The number of pyridine rings is 1. The molecule has 4 aromatic rings. The molecule has 38 heavy (non-hydrogen) atoms. The van der Waals surface area contributed by atoms with Crippen LogP contribution in [0.5, 0.6) is 0 Å². The lowest BCUT2D eigenvalue weighted by molar-refractivity contribution is 0.186. The largest absolute Gasteiger partial charge is 0.369 e. The first-order chi connectivity index (χ1) is 18.1. The second-order valence-corrected chi connectivity index (χ2v) is 11.3. The van der Waals surface area contributed by atoms with Crippen molar-refractivity contribution in [2.24, 2.45) is 0 Å². The summed E-state index contributed by atoms with van der Waals surface area (Å²) in [6, 6.07) is 12.4. The number of aromatic nitrogens is 5. The van der Waals surface area contributed by atoms with Gasteiger partial charge >= 0.3 is 0 Å². The number of tetrazole rings is 1. The van der Waals surface area contributed by atoms with Gasteiger partial charge in [-0.15, -0.1) is 5.10 Å². The number of piperazine rings is 1. The second-order valence-electron chi connectivity index (χ2n) is 11.3. The summed E-state index contributed by atoms with van der Waals surface area (Å²) >= 11 is 0. The number of rotatable bonds is 6. The first-order valence-corrected chi connectivity index (χ1v) is 13.6. The van der Waals surface area contributed by atoms with E-state index in [0.717, 1.165) is 49.1 Å². The summed E-state index contributed by atoms with van der Waals surface area (Å²) in [5.41, 5.74) is 7.44. The molecule has 0 radical (unpaired) electrons. The standard InChI is InChI=1S/C30H39N7O/c1-8-30(6,7)37-28(32-33-34-37)27(24-18-23-16-20(3)21(4)17-25(23)31-29(24)38)36-14-12-35(13-15-36)26-11-9-10-19(2)22(26)5/h9-11,16-18,27H,8,12-15H2,1-7H3,(H,31,38)/t27-/m0/s1. The van der Waals surface area contributed by atoms with E-state index in [-0.39, 0.29) is 17.1 Å². The van der Waals surface area contributed by atoms with Gasteiger partial charge in [0.15, 0.2) is 5.82 Å². The number of anilines is 1. The number of hydrogen-bond acceptors (Lipinski definition) is 6. The number of H-pyrrole nitrogens is 1. The number of nitrogens with one attached hydrogen (secondary N) is 1. The minimum absolute atomic E-state index is 0.0911. The van der Waals surface area contributed by atoms with Crippen LogP contribution in [-0.2, 0) is 5.54 Å². The second kappa shape index (κ2) is 9.98. The highest BCUT2D eigenvalue weighted by atomic mass is 16.1. The molecule has 2 aromatic carbocycles. The first-order valence-electron chi connectivity index (χ1n) is 13.6. The maximum absolute atomic E-state index is 13.6. The monoisotopic (exact) mass is 513 g/mol. The summed E-state index contributed by atoms with van der Waals surface area (Å²) < 4.78 is 1.92. The van der Waals surface area contributed by atoms with Gasteiger partial charge < -0.3 is 9.88 Å². The average Bonchev–Trinajstić information content (AvgIpc) is 3.38. The van der Waals surface area contributed by atoms with Crippen LogP contribution in [0.3, 0.4) is 0 Å². The molecule has 1 saturated heterocycles. The molecule has 8 heteroatoms. The molecular formula is C30H39N7O. The fourth-order valence-corrected chi connectivity index (χ4v) is 5.44. The number of nitrogens with zero attached hydrogens (tertiary/aromatic N) is 6. The van der Waals surface area contributed by atoms with Crippen molar-refractivity contribution >= 4 is 16.6 Å². The molecule has 0 unspecified atom stereocenters. The first kappa shape index (κ1) is 26.1. The smallest absolute Gasteiger partial charge is 0.253 e. The molecule has 200 valence electrons. The summed E-state index contributed by atoms with van der Waals surface area (Å²) in [5, 5.41) is 14.1. The van der Waals surface area contributed by atoms with E-state index in [9.17, 15) is 4.79 Å². The van der Waals surface area contributed by atoms with Crippen LogP contribution in [-0.4, -0.2) is 56.3 Å². The van der Waals surface area contributed by atoms with E-state index >= 15 is 0 Å². The van der Waals surface area contributed by atoms with E-state index in [1.807, 2.05) is 10.7 Å². The molecule has 1 aliphatic rings. The third-order valence-corrected chi connectivity index (χ3v) is 8.55. The Labute approximate surface area is 224 Å². The van der Waals surface area contributed by atoms with Crippen molar-refractivity contribution < 1.29 is 0 Å². The number of aryl methyl sites for hydroxylation is 3.